The Hall–Kier alpha value is -1.97. The van der Waals surface area contributed by atoms with Crippen LogP contribution in [0.5, 0.6) is 0 Å². The Kier molecular flexibility index (Phi) is 7.39. The second-order valence-electron chi connectivity index (χ2n) is 7.62. The van der Waals surface area contributed by atoms with Gasteiger partial charge in [-0.1, -0.05) is 60.5 Å². The number of nitrogens with two attached hydrogens (primary N) is 1. The lowest BCUT2D eigenvalue weighted by Gasteiger charge is -2.20. The molecule has 164 valence electrons. The molecular weight excluding hydrogens is 477 g/mol. The van der Waals surface area contributed by atoms with Gasteiger partial charge in [0.25, 0.3) is 0 Å². The number of carbonyl (C=O) groups is 1. The number of aliphatic hydroxyl groups is 1. The number of hydrogen-bond acceptors (Lipinski definition) is 7. The number of nitrogens with zero attached hydrogens (tertiary/aromatic N) is 1. The van der Waals surface area contributed by atoms with E-state index in [9.17, 15) is 14.1 Å². The third kappa shape index (κ3) is 5.64. The Morgan fingerprint density at radius 3 is 2.52 bits per heavy atom. The Labute approximate surface area is 196 Å². The van der Waals surface area contributed by atoms with Crippen LogP contribution in [-0.4, -0.2) is 32.4 Å². The molecule has 31 heavy (non-hydrogen) atoms. The maximum atomic E-state index is 12.9. The second-order valence-corrected chi connectivity index (χ2v) is 10.9. The molecule has 0 aliphatic rings. The first-order chi connectivity index (χ1) is 14.6. The first-order valence-electron chi connectivity index (χ1n) is 9.22. The number of nitrogen functional groups attached to an aromatic ring is 1. The van der Waals surface area contributed by atoms with Gasteiger partial charge in [-0.3, -0.25) is 9.00 Å². The number of rotatable bonds is 8. The van der Waals surface area contributed by atoms with Crippen LogP contribution in [0, 0.1) is 5.41 Å². The van der Waals surface area contributed by atoms with Crippen molar-refractivity contribution in [1.82, 2.24) is 4.98 Å². The van der Waals surface area contributed by atoms with E-state index in [1.807, 2.05) is 13.8 Å². The van der Waals surface area contributed by atoms with Gasteiger partial charge in [0.15, 0.2) is 5.13 Å². The maximum Gasteiger partial charge on any atom is 0.209 e. The highest BCUT2D eigenvalue weighted by Crippen LogP contribution is 2.34. The average molecular weight is 498 g/mol. The van der Waals surface area contributed by atoms with E-state index in [2.05, 4.69) is 10.3 Å². The third-order valence-electron chi connectivity index (χ3n) is 4.35. The Balaban J connectivity index is 1.82. The molecule has 0 bridgehead atoms. The zero-order valence-electron chi connectivity index (χ0n) is 16.8. The van der Waals surface area contributed by atoms with Crippen molar-refractivity contribution in [2.75, 3.05) is 23.4 Å². The molecule has 0 aliphatic heterocycles. The van der Waals surface area contributed by atoms with Crippen molar-refractivity contribution in [3.05, 3.63) is 63.0 Å². The summed E-state index contributed by atoms with van der Waals surface area (Å²) in [4.78, 5) is 18.0. The molecule has 1 unspecified atom stereocenters. The summed E-state index contributed by atoms with van der Waals surface area (Å²) >= 11 is 13.4. The molecule has 2 aromatic carbocycles. The second kappa shape index (κ2) is 9.67. The number of halogens is 2. The van der Waals surface area contributed by atoms with Crippen LogP contribution >= 0.6 is 34.5 Å². The summed E-state index contributed by atoms with van der Waals surface area (Å²) in [5.41, 5.74) is 6.35. The molecule has 10 heteroatoms. The summed E-state index contributed by atoms with van der Waals surface area (Å²) in [5.74, 6) is -0.00773. The molecule has 1 aromatic heterocycles. The number of aromatic nitrogens is 1. The number of carbonyl (C=O) groups excluding carboxylic acids is 1. The molecular formula is C21H21Cl2N3O3S2. The van der Waals surface area contributed by atoms with Crippen LogP contribution in [0.1, 0.15) is 29.1 Å². The molecule has 3 rings (SSSR count). The predicted molar refractivity (Wildman–Crippen MR) is 128 cm³/mol. The Morgan fingerprint density at radius 2 is 1.87 bits per heavy atom. The summed E-state index contributed by atoms with van der Waals surface area (Å²) in [6.07, 6.45) is 0. The quantitative estimate of drug-likeness (QED) is 0.372. The molecule has 1 atom stereocenters. The number of thiazole rings is 1. The Morgan fingerprint density at radius 1 is 1.23 bits per heavy atom. The molecule has 0 saturated heterocycles. The minimum Gasteiger partial charge on any atom is -0.396 e. The van der Waals surface area contributed by atoms with E-state index in [0.29, 0.717) is 21.5 Å². The lowest BCUT2D eigenvalue weighted by molar-refractivity contribution is 0.104. The fourth-order valence-electron chi connectivity index (χ4n) is 2.70. The van der Waals surface area contributed by atoms with E-state index in [1.165, 1.54) is 0 Å². The number of benzene rings is 2. The van der Waals surface area contributed by atoms with Crippen molar-refractivity contribution in [1.29, 1.82) is 0 Å². The number of nitrogens with one attached hydrogen (secondary N) is 1. The van der Waals surface area contributed by atoms with Gasteiger partial charge < -0.3 is 16.2 Å². The van der Waals surface area contributed by atoms with Crippen LogP contribution < -0.4 is 11.1 Å². The smallest absolute Gasteiger partial charge is 0.209 e. The highest BCUT2D eigenvalue weighted by atomic mass is 35.5. The number of ketones is 1. The average Bonchev–Trinajstić information content (AvgIpc) is 3.07. The molecule has 0 saturated carbocycles. The molecule has 0 fully saturated rings. The van der Waals surface area contributed by atoms with Crippen LogP contribution in [0.2, 0.25) is 10.0 Å². The van der Waals surface area contributed by atoms with Gasteiger partial charge in [0.2, 0.25) is 5.78 Å². The first kappa shape index (κ1) is 23.7. The van der Waals surface area contributed by atoms with Crippen molar-refractivity contribution < 1.29 is 14.1 Å². The van der Waals surface area contributed by atoms with Gasteiger partial charge in [-0.25, -0.2) is 4.98 Å². The molecule has 0 aliphatic carbocycles. The van der Waals surface area contributed by atoms with Crippen molar-refractivity contribution in [3.8, 4) is 0 Å². The molecule has 6 nitrogen and oxygen atoms in total. The van der Waals surface area contributed by atoms with E-state index >= 15 is 0 Å². The van der Waals surface area contributed by atoms with E-state index in [-0.39, 0.29) is 32.9 Å². The van der Waals surface area contributed by atoms with E-state index in [4.69, 9.17) is 28.9 Å². The largest absolute Gasteiger partial charge is 0.396 e. The number of hydrogen-bond donors (Lipinski definition) is 3. The van der Waals surface area contributed by atoms with Gasteiger partial charge in [-0.2, -0.15) is 0 Å². The van der Waals surface area contributed by atoms with E-state index in [1.54, 1.807) is 42.5 Å². The minimum absolute atomic E-state index is 0.0542. The number of aliphatic hydroxyl groups excluding tert-OH is 1. The summed E-state index contributed by atoms with van der Waals surface area (Å²) < 4.78 is 12.7. The van der Waals surface area contributed by atoms with Gasteiger partial charge in [0.05, 0.1) is 26.4 Å². The van der Waals surface area contributed by atoms with Crippen LogP contribution in [-0.2, 0) is 10.8 Å². The van der Waals surface area contributed by atoms with Crippen LogP contribution in [0.3, 0.4) is 0 Å². The fraction of sp³-hybridized carbons (Fsp3) is 0.238. The molecule has 4 N–H and O–H groups in total. The van der Waals surface area contributed by atoms with Gasteiger partial charge >= 0.3 is 0 Å². The normalized spacial score (nSPS) is 12.5. The van der Waals surface area contributed by atoms with E-state index < -0.39 is 22.0 Å². The van der Waals surface area contributed by atoms with Gasteiger partial charge in [-0.15, -0.1) is 0 Å². The highest BCUT2D eigenvalue weighted by Gasteiger charge is 2.23. The zero-order valence-corrected chi connectivity index (χ0v) is 20.0. The monoisotopic (exact) mass is 497 g/mol. The van der Waals surface area contributed by atoms with E-state index in [0.717, 1.165) is 11.3 Å². The third-order valence-corrected chi connectivity index (χ3v) is 7.79. The maximum absolute atomic E-state index is 12.9. The Bertz CT molecular complexity index is 1130. The first-order valence-corrected chi connectivity index (χ1v) is 12.1. The number of anilines is 3. The molecule has 0 amide bonds. The van der Waals surface area contributed by atoms with Crippen LogP contribution in [0.4, 0.5) is 16.6 Å². The topological polar surface area (TPSA) is 105 Å². The van der Waals surface area contributed by atoms with Crippen molar-refractivity contribution in [3.63, 3.8) is 0 Å². The summed E-state index contributed by atoms with van der Waals surface area (Å²) in [6.45, 7) is 3.66. The standard InChI is InChI=1S/C21H21Cl2N3O3S2/c1-21(2,10-27)11-31(29)13-6-3-5-12(9-13)25-20-26-19(24)18(30-20)17(28)16-14(22)7-4-8-15(16)23/h3-9,27H,10-11,24H2,1-2H3,(H,25,26). The zero-order chi connectivity index (χ0) is 22.8. The van der Waals surface area contributed by atoms with Gasteiger partial charge in [0.1, 0.15) is 10.7 Å². The van der Waals surface area contributed by atoms with Gasteiger partial charge in [0, 0.05) is 22.9 Å². The van der Waals surface area contributed by atoms with Crippen molar-refractivity contribution in [2.24, 2.45) is 5.41 Å². The lowest BCUT2D eigenvalue weighted by atomic mass is 9.98. The summed E-state index contributed by atoms with van der Waals surface area (Å²) in [5, 5.41) is 13.4. The fourth-order valence-corrected chi connectivity index (χ4v) is 5.58. The molecule has 0 radical (unpaired) electrons. The highest BCUT2D eigenvalue weighted by molar-refractivity contribution is 7.85. The van der Waals surface area contributed by atoms with Gasteiger partial charge in [-0.05, 0) is 35.7 Å². The molecule has 3 aromatic rings. The minimum atomic E-state index is -1.28. The van der Waals surface area contributed by atoms with Crippen molar-refractivity contribution >= 4 is 67.8 Å². The molecule has 1 heterocycles. The van der Waals surface area contributed by atoms with Crippen LogP contribution in [0.15, 0.2) is 47.4 Å². The van der Waals surface area contributed by atoms with Crippen molar-refractivity contribution in [2.45, 2.75) is 18.7 Å². The summed E-state index contributed by atoms with van der Waals surface area (Å²) in [7, 11) is -1.28. The lowest BCUT2D eigenvalue weighted by Crippen LogP contribution is -2.24. The molecule has 0 spiro atoms. The summed E-state index contributed by atoms with van der Waals surface area (Å²) in [6, 6.07) is 11.9. The predicted octanol–water partition coefficient (Wildman–Crippen LogP) is 5.13. The SMILES string of the molecule is CC(C)(CO)CS(=O)c1cccc(Nc2nc(N)c(C(=O)c3c(Cl)cccc3Cl)s2)c1. The van der Waals surface area contributed by atoms with Crippen LogP contribution in [0.25, 0.3) is 0 Å².